The summed E-state index contributed by atoms with van der Waals surface area (Å²) in [6, 6.07) is 73.6. The van der Waals surface area contributed by atoms with Crippen molar-refractivity contribution in [2.75, 3.05) is 0 Å². The van der Waals surface area contributed by atoms with E-state index in [2.05, 4.69) is 164 Å². The smallest absolute Gasteiger partial charge is 0.164 e. The van der Waals surface area contributed by atoms with Gasteiger partial charge in [-0.1, -0.05) is 164 Å². The van der Waals surface area contributed by atoms with E-state index in [1.807, 2.05) is 48.5 Å². The van der Waals surface area contributed by atoms with Crippen molar-refractivity contribution in [2.24, 2.45) is 0 Å². The molecule has 0 unspecified atom stereocenters. The van der Waals surface area contributed by atoms with Gasteiger partial charge in [0.1, 0.15) is 0 Å². The standard InChI is InChI=1S/C54H34N4/c55-35-36-18-20-39(21-19-36)42-16-9-17-48(32-42)52-56-53(49-27-26-45-31-44(24-25-46(45)33-49)43-23-22-38-12-7-8-15-41(38)30-43)58-54(57-52)51-34-47(37-10-3-1-4-11-37)28-29-50(51)40-13-5-2-6-14-40/h1-34H. The van der Waals surface area contributed by atoms with E-state index in [4.69, 9.17) is 15.0 Å². The van der Waals surface area contributed by atoms with Crippen molar-refractivity contribution in [3.8, 4) is 84.7 Å². The van der Waals surface area contributed by atoms with Crippen molar-refractivity contribution in [2.45, 2.75) is 0 Å². The molecule has 270 valence electrons. The number of aromatic nitrogens is 3. The summed E-state index contributed by atoms with van der Waals surface area (Å²) in [7, 11) is 0. The number of hydrogen-bond donors (Lipinski definition) is 0. The third-order valence-electron chi connectivity index (χ3n) is 10.7. The highest BCUT2D eigenvalue weighted by atomic mass is 15.0. The molecule has 0 N–H and O–H groups in total. The molecule has 1 aromatic heterocycles. The van der Waals surface area contributed by atoms with Crippen molar-refractivity contribution in [3.05, 3.63) is 212 Å². The Hall–Kier alpha value is -8.00. The molecule has 0 radical (unpaired) electrons. The van der Waals surface area contributed by atoms with Crippen LogP contribution in [0.2, 0.25) is 0 Å². The van der Waals surface area contributed by atoms with Crippen LogP contribution in [-0.2, 0) is 0 Å². The van der Waals surface area contributed by atoms with E-state index in [1.165, 1.54) is 21.9 Å². The van der Waals surface area contributed by atoms with Crippen LogP contribution in [-0.4, -0.2) is 15.0 Å². The molecule has 0 fully saturated rings. The van der Waals surface area contributed by atoms with Gasteiger partial charge in [0.15, 0.2) is 17.5 Å². The van der Waals surface area contributed by atoms with Crippen molar-refractivity contribution in [1.82, 2.24) is 15.0 Å². The van der Waals surface area contributed by atoms with Crippen LogP contribution < -0.4 is 0 Å². The molecule has 4 nitrogen and oxygen atoms in total. The second-order valence-corrected chi connectivity index (χ2v) is 14.4. The molecular weight excluding hydrogens is 705 g/mol. The maximum absolute atomic E-state index is 9.38. The molecule has 1 heterocycles. The minimum absolute atomic E-state index is 0.575. The van der Waals surface area contributed by atoms with E-state index in [1.54, 1.807) is 0 Å². The van der Waals surface area contributed by atoms with Crippen LogP contribution in [0.5, 0.6) is 0 Å². The monoisotopic (exact) mass is 738 g/mol. The van der Waals surface area contributed by atoms with Crippen molar-refractivity contribution < 1.29 is 0 Å². The fourth-order valence-corrected chi connectivity index (χ4v) is 7.67. The maximum Gasteiger partial charge on any atom is 0.164 e. The summed E-state index contributed by atoms with van der Waals surface area (Å²) in [5.74, 6) is 1.76. The topological polar surface area (TPSA) is 62.5 Å². The molecule has 0 bridgehead atoms. The second kappa shape index (κ2) is 14.9. The molecule has 0 saturated heterocycles. The highest BCUT2D eigenvalue weighted by Crippen LogP contribution is 2.37. The van der Waals surface area contributed by atoms with Gasteiger partial charge in [0.25, 0.3) is 0 Å². The first kappa shape index (κ1) is 34.5. The molecule has 0 aliphatic carbocycles. The minimum Gasteiger partial charge on any atom is -0.208 e. The fourth-order valence-electron chi connectivity index (χ4n) is 7.67. The highest BCUT2D eigenvalue weighted by molar-refractivity contribution is 5.93. The average Bonchev–Trinajstić information content (AvgIpc) is 3.31. The Morgan fingerprint density at radius 3 is 1.40 bits per heavy atom. The normalized spacial score (nSPS) is 11.1. The molecule has 0 saturated carbocycles. The molecule has 0 aliphatic heterocycles. The summed E-state index contributed by atoms with van der Waals surface area (Å²) in [6.07, 6.45) is 0. The first-order valence-electron chi connectivity index (χ1n) is 19.3. The van der Waals surface area contributed by atoms with Crippen LogP contribution >= 0.6 is 0 Å². The summed E-state index contributed by atoms with van der Waals surface area (Å²) < 4.78 is 0. The van der Waals surface area contributed by atoms with Crippen LogP contribution in [0, 0.1) is 11.3 Å². The summed E-state index contributed by atoms with van der Waals surface area (Å²) in [4.78, 5) is 15.7. The number of nitrogens with zero attached hydrogens (tertiary/aromatic N) is 4. The summed E-state index contributed by atoms with van der Waals surface area (Å²) in [6.45, 7) is 0. The number of rotatable bonds is 7. The zero-order valence-corrected chi connectivity index (χ0v) is 31.4. The lowest BCUT2D eigenvalue weighted by Gasteiger charge is -2.14. The SMILES string of the molecule is N#Cc1ccc(-c2cccc(-c3nc(-c4ccc5cc(-c6ccc7ccccc7c6)ccc5c4)nc(-c4cc(-c5ccccc5)ccc4-c4ccccc4)n3)c2)cc1. The lowest BCUT2D eigenvalue weighted by molar-refractivity contribution is 1.07. The van der Waals surface area contributed by atoms with Crippen LogP contribution in [0.4, 0.5) is 0 Å². The lowest BCUT2D eigenvalue weighted by atomic mass is 9.94. The number of nitriles is 1. The molecule has 4 heteroatoms. The first-order valence-corrected chi connectivity index (χ1v) is 19.3. The Labute approximate surface area is 337 Å². The van der Waals surface area contributed by atoms with Gasteiger partial charge in [-0.3, -0.25) is 0 Å². The first-order chi connectivity index (χ1) is 28.6. The molecule has 0 aliphatic rings. The predicted molar refractivity (Wildman–Crippen MR) is 238 cm³/mol. The van der Waals surface area contributed by atoms with Gasteiger partial charge < -0.3 is 0 Å². The van der Waals surface area contributed by atoms with Gasteiger partial charge in [0, 0.05) is 16.7 Å². The Bertz CT molecular complexity index is 3170. The summed E-state index contributed by atoms with van der Waals surface area (Å²) >= 11 is 0. The van der Waals surface area contributed by atoms with E-state index in [0.29, 0.717) is 23.0 Å². The Kier molecular flexibility index (Phi) is 8.87. The molecule has 10 rings (SSSR count). The van der Waals surface area contributed by atoms with E-state index < -0.39 is 0 Å². The third kappa shape index (κ3) is 6.79. The lowest BCUT2D eigenvalue weighted by Crippen LogP contribution is -2.01. The molecule has 0 amide bonds. The van der Waals surface area contributed by atoms with Crippen molar-refractivity contribution in [1.29, 1.82) is 5.26 Å². The van der Waals surface area contributed by atoms with E-state index in [-0.39, 0.29) is 0 Å². The Morgan fingerprint density at radius 1 is 0.276 bits per heavy atom. The molecule has 58 heavy (non-hydrogen) atoms. The third-order valence-corrected chi connectivity index (χ3v) is 10.7. The van der Waals surface area contributed by atoms with Gasteiger partial charge in [-0.2, -0.15) is 5.26 Å². The fraction of sp³-hybridized carbons (Fsp3) is 0. The maximum atomic E-state index is 9.38. The van der Waals surface area contributed by atoms with Crippen molar-refractivity contribution >= 4 is 21.5 Å². The van der Waals surface area contributed by atoms with Crippen molar-refractivity contribution in [3.63, 3.8) is 0 Å². The largest absolute Gasteiger partial charge is 0.208 e. The van der Waals surface area contributed by atoms with Gasteiger partial charge in [-0.05, 0) is 109 Å². The van der Waals surface area contributed by atoms with Crippen LogP contribution in [0.1, 0.15) is 5.56 Å². The van der Waals surface area contributed by atoms with Gasteiger partial charge in [0.2, 0.25) is 0 Å². The molecule has 0 atom stereocenters. The van der Waals surface area contributed by atoms with Crippen LogP contribution in [0.15, 0.2) is 206 Å². The molecule has 10 aromatic rings. The zero-order valence-electron chi connectivity index (χ0n) is 31.4. The average molecular weight is 739 g/mol. The number of benzene rings is 9. The summed E-state index contributed by atoms with van der Waals surface area (Å²) in [5, 5.41) is 14.1. The van der Waals surface area contributed by atoms with Gasteiger partial charge in [-0.25, -0.2) is 15.0 Å². The Balaban J connectivity index is 1.13. The van der Waals surface area contributed by atoms with Crippen LogP contribution in [0.3, 0.4) is 0 Å². The number of hydrogen-bond acceptors (Lipinski definition) is 4. The Morgan fingerprint density at radius 2 is 0.707 bits per heavy atom. The summed E-state index contributed by atoms with van der Waals surface area (Å²) in [5.41, 5.74) is 12.0. The van der Waals surface area contributed by atoms with E-state index in [0.717, 1.165) is 60.8 Å². The minimum atomic E-state index is 0.575. The second-order valence-electron chi connectivity index (χ2n) is 14.4. The molecular formula is C54H34N4. The molecule has 9 aromatic carbocycles. The number of fused-ring (bicyclic) bond motifs is 2. The van der Waals surface area contributed by atoms with Gasteiger partial charge in [-0.15, -0.1) is 0 Å². The molecule has 0 spiro atoms. The van der Waals surface area contributed by atoms with Gasteiger partial charge in [0.05, 0.1) is 11.6 Å². The zero-order chi connectivity index (χ0) is 38.8. The quantitative estimate of drug-likeness (QED) is 0.163. The van der Waals surface area contributed by atoms with Crippen LogP contribution in [0.25, 0.3) is 100 Å². The highest BCUT2D eigenvalue weighted by Gasteiger charge is 2.18. The van der Waals surface area contributed by atoms with Gasteiger partial charge >= 0.3 is 0 Å². The van der Waals surface area contributed by atoms with E-state index in [9.17, 15) is 5.26 Å². The van der Waals surface area contributed by atoms with E-state index >= 15 is 0 Å². The predicted octanol–water partition coefficient (Wildman–Crippen LogP) is 13.7.